The van der Waals surface area contributed by atoms with E-state index in [2.05, 4.69) is 26.1 Å². The van der Waals surface area contributed by atoms with Crippen molar-refractivity contribution in [3.8, 4) is 0 Å². The third kappa shape index (κ3) is 4.42. The zero-order valence-electron chi connectivity index (χ0n) is 10.9. The summed E-state index contributed by atoms with van der Waals surface area (Å²) in [6.07, 6.45) is 3.03. The Morgan fingerprint density at radius 1 is 1.38 bits per heavy atom. The van der Waals surface area contributed by atoms with Crippen LogP contribution in [0.5, 0.6) is 0 Å². The van der Waals surface area contributed by atoms with Gasteiger partial charge in [-0.2, -0.15) is 0 Å². The number of nitrogens with one attached hydrogen (secondary N) is 1. The maximum atomic E-state index is 11.4. The van der Waals surface area contributed by atoms with E-state index in [1.807, 2.05) is 7.05 Å². The molecule has 3 nitrogen and oxygen atoms in total. The smallest absolute Gasteiger partial charge is 0.150 e. The quantitative estimate of drug-likeness (QED) is 0.824. The first-order valence-corrected chi connectivity index (χ1v) is 7.93. The van der Waals surface area contributed by atoms with Crippen LogP contribution in [0.1, 0.15) is 40.0 Å². The highest BCUT2D eigenvalue weighted by Gasteiger charge is 2.33. The second-order valence-electron chi connectivity index (χ2n) is 6.16. The van der Waals surface area contributed by atoms with E-state index in [0.29, 0.717) is 28.9 Å². The molecule has 0 aromatic rings. The minimum Gasteiger partial charge on any atom is -0.317 e. The largest absolute Gasteiger partial charge is 0.317 e. The molecule has 1 saturated heterocycles. The average molecular weight is 247 g/mol. The van der Waals surface area contributed by atoms with Crippen molar-refractivity contribution in [2.45, 2.75) is 46.1 Å². The SMILES string of the molecule is CNC(CCC(C)(C)C)C1CCS(=O)(=O)C1. The first-order valence-electron chi connectivity index (χ1n) is 6.11. The number of sulfone groups is 1. The van der Waals surface area contributed by atoms with Gasteiger partial charge in [0.15, 0.2) is 9.84 Å². The molecule has 1 aliphatic rings. The van der Waals surface area contributed by atoms with Crippen molar-refractivity contribution < 1.29 is 8.42 Å². The Balaban J connectivity index is 2.50. The fourth-order valence-corrected chi connectivity index (χ4v) is 4.23. The molecule has 1 N–H and O–H groups in total. The molecule has 1 heterocycles. The van der Waals surface area contributed by atoms with Crippen LogP contribution in [0.3, 0.4) is 0 Å². The summed E-state index contributed by atoms with van der Waals surface area (Å²) in [6.45, 7) is 6.68. The molecule has 2 unspecified atom stereocenters. The van der Waals surface area contributed by atoms with E-state index < -0.39 is 9.84 Å². The molecule has 0 radical (unpaired) electrons. The van der Waals surface area contributed by atoms with Gasteiger partial charge in [-0.3, -0.25) is 0 Å². The van der Waals surface area contributed by atoms with Crippen molar-refractivity contribution in [1.82, 2.24) is 5.32 Å². The van der Waals surface area contributed by atoms with Gasteiger partial charge in [0.2, 0.25) is 0 Å². The summed E-state index contributed by atoms with van der Waals surface area (Å²) in [4.78, 5) is 0. The van der Waals surface area contributed by atoms with Gasteiger partial charge in [-0.1, -0.05) is 20.8 Å². The molecule has 0 aromatic heterocycles. The Morgan fingerprint density at radius 3 is 2.38 bits per heavy atom. The van der Waals surface area contributed by atoms with Gasteiger partial charge in [-0.25, -0.2) is 8.42 Å². The van der Waals surface area contributed by atoms with Gasteiger partial charge in [0.25, 0.3) is 0 Å². The van der Waals surface area contributed by atoms with Gasteiger partial charge in [0, 0.05) is 6.04 Å². The fraction of sp³-hybridized carbons (Fsp3) is 1.00. The summed E-state index contributed by atoms with van der Waals surface area (Å²) in [7, 11) is -0.802. The highest BCUT2D eigenvalue weighted by molar-refractivity contribution is 7.91. The molecule has 0 saturated carbocycles. The molecule has 0 bridgehead atoms. The summed E-state index contributed by atoms with van der Waals surface area (Å²) in [6, 6.07) is 0.358. The van der Waals surface area contributed by atoms with Crippen LogP contribution >= 0.6 is 0 Å². The Kier molecular flexibility index (Phi) is 4.41. The Hall–Kier alpha value is -0.0900. The van der Waals surface area contributed by atoms with Crippen LogP contribution in [0, 0.1) is 11.3 Å². The van der Waals surface area contributed by atoms with Crippen molar-refractivity contribution >= 4 is 9.84 Å². The van der Waals surface area contributed by atoms with Gasteiger partial charge >= 0.3 is 0 Å². The molecule has 1 aliphatic heterocycles. The topological polar surface area (TPSA) is 46.2 Å². The van der Waals surface area contributed by atoms with Gasteiger partial charge in [-0.15, -0.1) is 0 Å². The maximum Gasteiger partial charge on any atom is 0.150 e. The van der Waals surface area contributed by atoms with Crippen LogP contribution < -0.4 is 5.32 Å². The zero-order valence-corrected chi connectivity index (χ0v) is 11.7. The highest BCUT2D eigenvalue weighted by atomic mass is 32.2. The number of rotatable bonds is 4. The zero-order chi connectivity index (χ0) is 12.4. The van der Waals surface area contributed by atoms with E-state index in [1.165, 1.54) is 0 Å². The van der Waals surface area contributed by atoms with Crippen LogP contribution in [0.4, 0.5) is 0 Å². The lowest BCUT2D eigenvalue weighted by atomic mass is 9.85. The minimum absolute atomic E-state index is 0.317. The number of hydrogen-bond donors (Lipinski definition) is 1. The average Bonchev–Trinajstić information content (AvgIpc) is 2.45. The first kappa shape index (κ1) is 14.0. The van der Waals surface area contributed by atoms with Gasteiger partial charge in [0.1, 0.15) is 0 Å². The lowest BCUT2D eigenvalue weighted by Crippen LogP contribution is -2.35. The monoisotopic (exact) mass is 247 g/mol. The van der Waals surface area contributed by atoms with Crippen molar-refractivity contribution in [2.24, 2.45) is 11.3 Å². The summed E-state index contributed by atoms with van der Waals surface area (Å²) in [5, 5.41) is 3.29. The van der Waals surface area contributed by atoms with Crippen LogP contribution in [0.25, 0.3) is 0 Å². The fourth-order valence-electron chi connectivity index (χ4n) is 2.35. The molecule has 1 rings (SSSR count). The molecule has 2 atom stereocenters. The van der Waals surface area contributed by atoms with Crippen LogP contribution in [-0.4, -0.2) is 33.0 Å². The highest BCUT2D eigenvalue weighted by Crippen LogP contribution is 2.28. The standard InChI is InChI=1S/C12H25NO2S/c1-12(2,3)7-5-11(13-4)10-6-8-16(14,15)9-10/h10-11,13H,5-9H2,1-4H3. The first-order chi connectivity index (χ1) is 7.23. The normalized spacial score (nSPS) is 26.9. The van der Waals surface area contributed by atoms with Gasteiger partial charge in [-0.05, 0) is 37.6 Å². The molecule has 0 amide bonds. The van der Waals surface area contributed by atoms with E-state index in [9.17, 15) is 8.42 Å². The molecule has 1 fully saturated rings. The predicted octanol–water partition coefficient (Wildman–Crippen LogP) is 1.84. The predicted molar refractivity (Wildman–Crippen MR) is 68.3 cm³/mol. The lowest BCUT2D eigenvalue weighted by Gasteiger charge is -2.26. The van der Waals surface area contributed by atoms with Crippen LogP contribution in [-0.2, 0) is 9.84 Å². The van der Waals surface area contributed by atoms with E-state index in [4.69, 9.17) is 0 Å². The minimum atomic E-state index is -2.74. The van der Waals surface area contributed by atoms with E-state index in [1.54, 1.807) is 0 Å². The third-order valence-corrected chi connectivity index (χ3v) is 5.21. The Bertz CT molecular complexity index is 316. The second kappa shape index (κ2) is 5.05. The summed E-state index contributed by atoms with van der Waals surface area (Å²) < 4.78 is 22.9. The van der Waals surface area contributed by atoms with Gasteiger partial charge < -0.3 is 5.32 Å². The van der Waals surface area contributed by atoms with Crippen LogP contribution in [0.15, 0.2) is 0 Å². The molecule has 4 heteroatoms. The van der Waals surface area contributed by atoms with Gasteiger partial charge in [0.05, 0.1) is 11.5 Å². The third-order valence-electron chi connectivity index (χ3n) is 3.41. The van der Waals surface area contributed by atoms with Crippen molar-refractivity contribution in [3.63, 3.8) is 0 Å². The summed E-state index contributed by atoms with van der Waals surface area (Å²) >= 11 is 0. The lowest BCUT2D eigenvalue weighted by molar-refractivity contribution is 0.298. The second-order valence-corrected chi connectivity index (χ2v) is 8.39. The summed E-state index contributed by atoms with van der Waals surface area (Å²) in [5.74, 6) is 1.07. The Morgan fingerprint density at radius 2 is 2.00 bits per heavy atom. The summed E-state index contributed by atoms with van der Waals surface area (Å²) in [5.41, 5.74) is 0.326. The maximum absolute atomic E-state index is 11.4. The van der Waals surface area contributed by atoms with Crippen molar-refractivity contribution in [1.29, 1.82) is 0 Å². The van der Waals surface area contributed by atoms with E-state index in [-0.39, 0.29) is 0 Å². The Labute approximate surface area is 99.9 Å². The van der Waals surface area contributed by atoms with E-state index in [0.717, 1.165) is 19.3 Å². The molecular weight excluding hydrogens is 222 g/mol. The molecule has 16 heavy (non-hydrogen) atoms. The molecule has 0 aliphatic carbocycles. The molecule has 96 valence electrons. The molecular formula is C12H25NO2S. The van der Waals surface area contributed by atoms with E-state index >= 15 is 0 Å². The number of hydrogen-bond acceptors (Lipinski definition) is 3. The molecule has 0 aromatic carbocycles. The van der Waals surface area contributed by atoms with Crippen LogP contribution in [0.2, 0.25) is 0 Å². The van der Waals surface area contributed by atoms with Crippen molar-refractivity contribution in [3.05, 3.63) is 0 Å². The van der Waals surface area contributed by atoms with Crippen molar-refractivity contribution in [2.75, 3.05) is 18.6 Å². The molecule has 0 spiro atoms.